The van der Waals surface area contributed by atoms with Crippen molar-refractivity contribution in [3.63, 3.8) is 0 Å². The Balaban J connectivity index is 1.52. The van der Waals surface area contributed by atoms with E-state index in [1.54, 1.807) is 6.08 Å². The molecule has 0 saturated heterocycles. The second kappa shape index (κ2) is 11.0. The van der Waals surface area contributed by atoms with E-state index >= 15 is 0 Å². The van der Waals surface area contributed by atoms with E-state index in [2.05, 4.69) is 33.9 Å². The molecule has 4 aromatic rings. The van der Waals surface area contributed by atoms with Crippen LogP contribution >= 0.6 is 11.3 Å². The van der Waals surface area contributed by atoms with Crippen LogP contribution in [0.25, 0.3) is 17.0 Å². The van der Waals surface area contributed by atoms with Crippen molar-refractivity contribution in [3.8, 4) is 11.8 Å². The molecule has 0 aliphatic heterocycles. The van der Waals surface area contributed by atoms with E-state index in [9.17, 15) is 10.1 Å². The van der Waals surface area contributed by atoms with Crippen molar-refractivity contribution in [3.05, 3.63) is 76.4 Å². The van der Waals surface area contributed by atoms with Crippen LogP contribution in [0.15, 0.2) is 60.3 Å². The van der Waals surface area contributed by atoms with Crippen molar-refractivity contribution in [2.75, 3.05) is 11.9 Å². The second-order valence-corrected chi connectivity index (χ2v) is 9.69. The smallest absolute Gasteiger partial charge is 0.268 e. The van der Waals surface area contributed by atoms with Crippen molar-refractivity contribution >= 4 is 39.4 Å². The minimum absolute atomic E-state index is 0.00433. The average Bonchev–Trinajstić information content (AvgIpc) is 3.42. The summed E-state index contributed by atoms with van der Waals surface area (Å²) in [7, 11) is 0. The number of nitrogens with one attached hydrogen (secondary N) is 1. The molecule has 4 rings (SSSR count). The van der Waals surface area contributed by atoms with Crippen molar-refractivity contribution in [2.24, 2.45) is 5.92 Å². The largest absolute Gasteiger partial charge is 0.491 e. The molecule has 178 valence electrons. The summed E-state index contributed by atoms with van der Waals surface area (Å²) < 4.78 is 8.05. The predicted molar refractivity (Wildman–Crippen MR) is 139 cm³/mol. The summed E-state index contributed by atoms with van der Waals surface area (Å²) in [5.41, 5.74) is 2.89. The van der Waals surface area contributed by atoms with E-state index in [-0.39, 0.29) is 5.57 Å². The Hall–Kier alpha value is -3.96. The Labute approximate surface area is 208 Å². The van der Waals surface area contributed by atoms with Gasteiger partial charge in [0.2, 0.25) is 5.13 Å². The summed E-state index contributed by atoms with van der Waals surface area (Å²) in [6.45, 7) is 7.34. The molecule has 1 amide bonds. The van der Waals surface area contributed by atoms with E-state index in [4.69, 9.17) is 4.74 Å². The molecule has 0 fully saturated rings. The maximum Gasteiger partial charge on any atom is 0.268 e. The number of hydrogen-bond donors (Lipinski definition) is 1. The number of hydrogen-bond acceptors (Lipinski definition) is 6. The summed E-state index contributed by atoms with van der Waals surface area (Å²) in [5.74, 6) is 0.806. The van der Waals surface area contributed by atoms with Crippen molar-refractivity contribution in [1.29, 1.82) is 5.26 Å². The summed E-state index contributed by atoms with van der Waals surface area (Å²) in [4.78, 5) is 12.8. The SMILES string of the molecule is Cc1ccccc1OCCn1cc(/C=C(/C#N)C(=O)Nc2nnc(CC(C)C)s2)c2ccccc21. The number of para-hydroxylation sites is 2. The molecule has 0 aliphatic carbocycles. The van der Waals surface area contributed by atoms with Crippen molar-refractivity contribution in [1.82, 2.24) is 14.8 Å². The van der Waals surface area contributed by atoms with Crippen molar-refractivity contribution in [2.45, 2.75) is 33.7 Å². The van der Waals surface area contributed by atoms with Gasteiger partial charge in [0.05, 0.1) is 6.54 Å². The number of rotatable bonds is 9. The first kappa shape index (κ1) is 24.2. The number of aryl methyl sites for hydroxylation is 1. The Morgan fingerprint density at radius 2 is 1.97 bits per heavy atom. The van der Waals surface area contributed by atoms with Crippen LogP contribution in [-0.2, 0) is 17.8 Å². The number of nitriles is 1. The van der Waals surface area contributed by atoms with Crippen LogP contribution < -0.4 is 10.1 Å². The standard InChI is InChI=1S/C27H27N5O2S/c1-18(2)14-25-30-31-27(35-25)29-26(33)20(16-28)15-21-17-32(23-10-6-5-9-22(21)23)12-13-34-24-11-7-4-8-19(24)3/h4-11,15,17-18H,12-14H2,1-3H3,(H,29,31,33)/b20-15-. The zero-order valence-corrected chi connectivity index (χ0v) is 20.8. The van der Waals surface area contributed by atoms with Gasteiger partial charge in [-0.05, 0) is 36.6 Å². The molecule has 2 aromatic heterocycles. The van der Waals surface area contributed by atoms with Gasteiger partial charge in [-0.25, -0.2) is 0 Å². The van der Waals surface area contributed by atoms with Gasteiger partial charge in [0.1, 0.15) is 29.0 Å². The highest BCUT2D eigenvalue weighted by molar-refractivity contribution is 7.15. The monoisotopic (exact) mass is 485 g/mol. The molecule has 8 heteroatoms. The molecule has 2 heterocycles. The van der Waals surface area contributed by atoms with Gasteiger partial charge in [0.15, 0.2) is 0 Å². The van der Waals surface area contributed by atoms with E-state index in [1.165, 1.54) is 11.3 Å². The second-order valence-electron chi connectivity index (χ2n) is 8.63. The molecular formula is C27H27N5O2S. The third kappa shape index (κ3) is 5.94. The number of fused-ring (bicyclic) bond motifs is 1. The molecule has 0 aliphatic rings. The molecule has 0 atom stereocenters. The maximum atomic E-state index is 12.8. The fourth-order valence-corrected chi connectivity index (χ4v) is 4.70. The number of nitrogens with zero attached hydrogens (tertiary/aromatic N) is 4. The number of benzene rings is 2. The van der Waals surface area contributed by atoms with E-state index in [0.717, 1.165) is 39.2 Å². The average molecular weight is 486 g/mol. The molecule has 35 heavy (non-hydrogen) atoms. The van der Waals surface area contributed by atoms with Gasteiger partial charge >= 0.3 is 0 Å². The molecule has 0 spiro atoms. The van der Waals surface area contributed by atoms with Crippen LogP contribution in [0.5, 0.6) is 5.75 Å². The van der Waals surface area contributed by atoms with Crippen molar-refractivity contribution < 1.29 is 9.53 Å². The quantitative estimate of drug-likeness (QED) is 0.245. The third-order valence-corrected chi connectivity index (χ3v) is 6.30. The lowest BCUT2D eigenvalue weighted by Crippen LogP contribution is -2.13. The molecule has 0 saturated carbocycles. The summed E-state index contributed by atoms with van der Waals surface area (Å²) in [6, 6.07) is 17.9. The van der Waals surface area contributed by atoms with E-state index in [1.807, 2.05) is 67.7 Å². The van der Waals surface area contributed by atoms with Crippen LogP contribution in [-0.4, -0.2) is 27.3 Å². The van der Waals surface area contributed by atoms with Gasteiger partial charge in [0.25, 0.3) is 5.91 Å². The van der Waals surface area contributed by atoms with Crippen LogP contribution in [0.3, 0.4) is 0 Å². The van der Waals surface area contributed by atoms with Crippen LogP contribution in [0, 0.1) is 24.2 Å². The molecule has 2 aromatic carbocycles. The van der Waals surface area contributed by atoms with Gasteiger partial charge in [-0.2, -0.15) is 5.26 Å². The van der Waals surface area contributed by atoms with Crippen LogP contribution in [0.1, 0.15) is 30.0 Å². The fraction of sp³-hybridized carbons (Fsp3) is 0.259. The molecule has 1 N–H and O–H groups in total. The Kier molecular flexibility index (Phi) is 7.58. The zero-order valence-electron chi connectivity index (χ0n) is 20.0. The molecule has 0 radical (unpaired) electrons. The first-order valence-electron chi connectivity index (χ1n) is 11.5. The number of ether oxygens (including phenoxy) is 1. The highest BCUT2D eigenvalue weighted by Gasteiger charge is 2.15. The Bertz CT molecular complexity index is 1410. The Morgan fingerprint density at radius 3 is 2.74 bits per heavy atom. The zero-order chi connectivity index (χ0) is 24.8. The minimum Gasteiger partial charge on any atom is -0.491 e. The molecular weight excluding hydrogens is 458 g/mol. The highest BCUT2D eigenvalue weighted by atomic mass is 32.1. The van der Waals surface area contributed by atoms with Gasteiger partial charge < -0.3 is 9.30 Å². The van der Waals surface area contributed by atoms with Crippen LogP contribution in [0.4, 0.5) is 5.13 Å². The highest BCUT2D eigenvalue weighted by Crippen LogP contribution is 2.25. The van der Waals surface area contributed by atoms with Gasteiger partial charge in [-0.1, -0.05) is 61.6 Å². The molecule has 0 bridgehead atoms. The van der Waals surface area contributed by atoms with Crippen LogP contribution in [0.2, 0.25) is 0 Å². The molecule has 0 unspecified atom stereocenters. The number of aromatic nitrogens is 3. The first-order chi connectivity index (χ1) is 16.9. The lowest BCUT2D eigenvalue weighted by Gasteiger charge is -2.10. The minimum atomic E-state index is -0.500. The topological polar surface area (TPSA) is 92.8 Å². The van der Waals surface area contributed by atoms with E-state index in [0.29, 0.717) is 24.2 Å². The number of amides is 1. The predicted octanol–water partition coefficient (Wildman–Crippen LogP) is 5.62. The summed E-state index contributed by atoms with van der Waals surface area (Å²) in [5, 5.41) is 22.8. The lowest BCUT2D eigenvalue weighted by atomic mass is 10.1. The first-order valence-corrected chi connectivity index (χ1v) is 12.3. The third-order valence-electron chi connectivity index (χ3n) is 5.44. The normalized spacial score (nSPS) is 11.6. The van der Waals surface area contributed by atoms with Gasteiger partial charge in [-0.15, -0.1) is 10.2 Å². The maximum absolute atomic E-state index is 12.8. The molecule has 7 nitrogen and oxygen atoms in total. The summed E-state index contributed by atoms with van der Waals surface area (Å²) in [6.07, 6.45) is 4.36. The summed E-state index contributed by atoms with van der Waals surface area (Å²) >= 11 is 1.33. The number of carbonyl (C=O) groups excluding carboxylic acids is 1. The van der Waals surface area contributed by atoms with Gasteiger partial charge in [0, 0.05) is 29.1 Å². The fourth-order valence-electron chi connectivity index (χ4n) is 3.75. The Morgan fingerprint density at radius 1 is 1.20 bits per heavy atom. The number of carbonyl (C=O) groups is 1. The van der Waals surface area contributed by atoms with Gasteiger partial charge in [-0.3, -0.25) is 10.1 Å². The lowest BCUT2D eigenvalue weighted by molar-refractivity contribution is -0.112. The number of anilines is 1. The van der Waals surface area contributed by atoms with E-state index < -0.39 is 5.91 Å².